The summed E-state index contributed by atoms with van der Waals surface area (Å²) in [5, 5.41) is 21.3. The SMILES string of the molecule is CC(C)Oc1c(O)c(-c2ccccc2)cc(O)c1C1C=CC=C1. The van der Waals surface area contributed by atoms with Gasteiger partial charge < -0.3 is 14.9 Å². The Morgan fingerprint density at radius 1 is 1.00 bits per heavy atom. The zero-order chi connectivity index (χ0) is 16.4. The van der Waals surface area contributed by atoms with Crippen LogP contribution in [0.15, 0.2) is 60.7 Å². The first-order chi connectivity index (χ1) is 11.1. The molecular formula is C20H20O3. The van der Waals surface area contributed by atoms with Crippen LogP contribution in [0.5, 0.6) is 17.2 Å². The van der Waals surface area contributed by atoms with E-state index < -0.39 is 0 Å². The minimum atomic E-state index is -0.112. The summed E-state index contributed by atoms with van der Waals surface area (Å²) in [6.45, 7) is 3.80. The summed E-state index contributed by atoms with van der Waals surface area (Å²) in [6.07, 6.45) is 7.66. The Bertz CT molecular complexity index is 746. The first-order valence-electron chi connectivity index (χ1n) is 7.74. The fourth-order valence-electron chi connectivity index (χ4n) is 2.79. The quantitative estimate of drug-likeness (QED) is 0.800. The van der Waals surface area contributed by atoms with Crippen molar-refractivity contribution in [2.75, 3.05) is 0 Å². The lowest BCUT2D eigenvalue weighted by Gasteiger charge is -2.21. The van der Waals surface area contributed by atoms with Gasteiger partial charge in [-0.2, -0.15) is 0 Å². The van der Waals surface area contributed by atoms with Crippen LogP contribution < -0.4 is 4.74 Å². The van der Waals surface area contributed by atoms with Crippen LogP contribution in [0.2, 0.25) is 0 Å². The van der Waals surface area contributed by atoms with E-state index in [2.05, 4.69) is 0 Å². The molecule has 0 radical (unpaired) electrons. The molecule has 0 spiro atoms. The molecule has 3 rings (SSSR count). The maximum atomic E-state index is 10.8. The molecular weight excluding hydrogens is 288 g/mol. The van der Waals surface area contributed by atoms with E-state index in [0.29, 0.717) is 16.9 Å². The van der Waals surface area contributed by atoms with E-state index in [1.54, 1.807) is 6.07 Å². The number of rotatable bonds is 4. The summed E-state index contributed by atoms with van der Waals surface area (Å²) in [6, 6.07) is 11.1. The largest absolute Gasteiger partial charge is 0.507 e. The second-order valence-electron chi connectivity index (χ2n) is 5.86. The average molecular weight is 308 g/mol. The van der Waals surface area contributed by atoms with Crippen molar-refractivity contribution in [2.45, 2.75) is 25.9 Å². The van der Waals surface area contributed by atoms with E-state index in [-0.39, 0.29) is 23.5 Å². The molecule has 0 fully saturated rings. The Morgan fingerprint density at radius 3 is 2.26 bits per heavy atom. The van der Waals surface area contributed by atoms with Crippen molar-refractivity contribution in [2.24, 2.45) is 0 Å². The standard InChI is InChI=1S/C20H20O3/c1-13(2)23-20-18(15-10-6-7-11-15)17(21)12-16(19(20)22)14-8-4-3-5-9-14/h3-13,15,21-22H,1-2H3. The van der Waals surface area contributed by atoms with Crippen molar-refractivity contribution in [3.05, 3.63) is 66.3 Å². The molecule has 118 valence electrons. The Kier molecular flexibility index (Phi) is 4.11. The van der Waals surface area contributed by atoms with Crippen LogP contribution in [0.3, 0.4) is 0 Å². The van der Waals surface area contributed by atoms with E-state index in [4.69, 9.17) is 4.74 Å². The third-order valence-corrected chi connectivity index (χ3v) is 3.79. The molecule has 3 heteroatoms. The van der Waals surface area contributed by atoms with Crippen molar-refractivity contribution in [3.8, 4) is 28.4 Å². The Hall–Kier alpha value is -2.68. The summed E-state index contributed by atoms with van der Waals surface area (Å²) in [4.78, 5) is 0. The van der Waals surface area contributed by atoms with Gasteiger partial charge >= 0.3 is 0 Å². The number of ether oxygens (including phenoxy) is 1. The summed E-state index contributed by atoms with van der Waals surface area (Å²) in [7, 11) is 0. The molecule has 1 aliphatic carbocycles. The molecule has 1 aliphatic rings. The molecule has 2 aromatic rings. The van der Waals surface area contributed by atoms with Crippen LogP contribution in [0.4, 0.5) is 0 Å². The summed E-state index contributed by atoms with van der Waals surface area (Å²) in [5.74, 6) is 0.435. The molecule has 2 N–H and O–H groups in total. The van der Waals surface area contributed by atoms with E-state index in [1.807, 2.05) is 68.5 Å². The van der Waals surface area contributed by atoms with Crippen LogP contribution in [0.25, 0.3) is 11.1 Å². The second-order valence-corrected chi connectivity index (χ2v) is 5.86. The predicted molar refractivity (Wildman–Crippen MR) is 92.0 cm³/mol. The minimum absolute atomic E-state index is 0.0615. The number of phenolic OH excluding ortho intramolecular Hbond substituents is 2. The number of allylic oxidation sites excluding steroid dienone is 4. The van der Waals surface area contributed by atoms with E-state index in [0.717, 1.165) is 5.56 Å². The molecule has 0 unspecified atom stereocenters. The van der Waals surface area contributed by atoms with Gasteiger partial charge in [0, 0.05) is 11.5 Å². The van der Waals surface area contributed by atoms with Gasteiger partial charge in [-0.3, -0.25) is 0 Å². The highest BCUT2D eigenvalue weighted by Gasteiger charge is 2.25. The molecule has 0 atom stereocenters. The predicted octanol–water partition coefficient (Wildman–Crippen LogP) is 4.76. The Balaban J connectivity index is 2.20. The maximum Gasteiger partial charge on any atom is 0.169 e. The normalized spacial score (nSPS) is 13.9. The van der Waals surface area contributed by atoms with Crippen molar-refractivity contribution >= 4 is 0 Å². The zero-order valence-electron chi connectivity index (χ0n) is 13.2. The molecule has 2 aromatic carbocycles. The molecule has 0 aliphatic heterocycles. The fraction of sp³-hybridized carbons (Fsp3) is 0.200. The van der Waals surface area contributed by atoms with Gasteiger partial charge in [0.15, 0.2) is 11.5 Å². The van der Waals surface area contributed by atoms with Crippen LogP contribution in [0, 0.1) is 0 Å². The highest BCUT2D eigenvalue weighted by Crippen LogP contribution is 2.48. The molecule has 3 nitrogen and oxygen atoms in total. The molecule has 0 saturated heterocycles. The molecule has 0 saturated carbocycles. The molecule has 0 aromatic heterocycles. The van der Waals surface area contributed by atoms with Crippen molar-refractivity contribution in [1.82, 2.24) is 0 Å². The highest BCUT2D eigenvalue weighted by atomic mass is 16.5. The van der Waals surface area contributed by atoms with Crippen LogP contribution >= 0.6 is 0 Å². The fourth-order valence-corrected chi connectivity index (χ4v) is 2.79. The van der Waals surface area contributed by atoms with E-state index in [9.17, 15) is 10.2 Å². The number of aromatic hydroxyl groups is 2. The van der Waals surface area contributed by atoms with Gasteiger partial charge in [0.05, 0.1) is 11.7 Å². The minimum Gasteiger partial charge on any atom is -0.507 e. The number of phenols is 2. The lowest BCUT2D eigenvalue weighted by Crippen LogP contribution is -2.09. The topological polar surface area (TPSA) is 49.7 Å². The maximum absolute atomic E-state index is 10.8. The summed E-state index contributed by atoms with van der Waals surface area (Å²) in [5.41, 5.74) is 1.99. The third kappa shape index (κ3) is 2.95. The highest BCUT2D eigenvalue weighted by molar-refractivity contribution is 5.78. The van der Waals surface area contributed by atoms with Gasteiger partial charge in [-0.15, -0.1) is 0 Å². The smallest absolute Gasteiger partial charge is 0.169 e. The first kappa shape index (κ1) is 15.2. The Morgan fingerprint density at radius 2 is 1.65 bits per heavy atom. The van der Waals surface area contributed by atoms with Crippen molar-refractivity contribution in [3.63, 3.8) is 0 Å². The summed E-state index contributed by atoms with van der Waals surface area (Å²) >= 11 is 0. The van der Waals surface area contributed by atoms with E-state index in [1.165, 1.54) is 0 Å². The van der Waals surface area contributed by atoms with Crippen molar-refractivity contribution < 1.29 is 14.9 Å². The van der Waals surface area contributed by atoms with Gasteiger partial charge in [-0.25, -0.2) is 0 Å². The van der Waals surface area contributed by atoms with Gasteiger partial charge in [0.2, 0.25) is 0 Å². The van der Waals surface area contributed by atoms with Crippen LogP contribution in [-0.4, -0.2) is 16.3 Å². The molecule has 0 bridgehead atoms. The Labute approximate surface area is 136 Å². The van der Waals surface area contributed by atoms with Gasteiger partial charge in [-0.1, -0.05) is 54.6 Å². The second kappa shape index (κ2) is 6.21. The van der Waals surface area contributed by atoms with Gasteiger partial charge in [0.1, 0.15) is 5.75 Å². The lowest BCUT2D eigenvalue weighted by atomic mass is 9.93. The monoisotopic (exact) mass is 308 g/mol. The lowest BCUT2D eigenvalue weighted by molar-refractivity contribution is 0.228. The third-order valence-electron chi connectivity index (χ3n) is 3.79. The zero-order valence-corrected chi connectivity index (χ0v) is 13.2. The molecule has 23 heavy (non-hydrogen) atoms. The number of benzene rings is 2. The summed E-state index contributed by atoms with van der Waals surface area (Å²) < 4.78 is 5.85. The molecule has 0 amide bonds. The number of hydrogen-bond donors (Lipinski definition) is 2. The first-order valence-corrected chi connectivity index (χ1v) is 7.74. The van der Waals surface area contributed by atoms with Gasteiger partial charge in [0.25, 0.3) is 0 Å². The van der Waals surface area contributed by atoms with Crippen molar-refractivity contribution in [1.29, 1.82) is 0 Å². The van der Waals surface area contributed by atoms with E-state index >= 15 is 0 Å². The van der Waals surface area contributed by atoms with Gasteiger partial charge in [-0.05, 0) is 25.5 Å². The number of hydrogen-bond acceptors (Lipinski definition) is 3. The van der Waals surface area contributed by atoms with Crippen LogP contribution in [0.1, 0.15) is 25.3 Å². The average Bonchev–Trinajstić information content (AvgIpc) is 3.05. The molecule has 0 heterocycles. The van der Waals surface area contributed by atoms with Crippen LogP contribution in [-0.2, 0) is 0 Å².